The van der Waals surface area contributed by atoms with E-state index in [9.17, 15) is 4.79 Å². The van der Waals surface area contributed by atoms with E-state index in [0.717, 1.165) is 42.9 Å². The first-order chi connectivity index (χ1) is 10.1. The number of piperidine rings is 1. The van der Waals surface area contributed by atoms with E-state index in [1.54, 1.807) is 0 Å². The van der Waals surface area contributed by atoms with Crippen molar-refractivity contribution in [3.8, 4) is 5.75 Å². The van der Waals surface area contributed by atoms with Gasteiger partial charge < -0.3 is 20.1 Å². The molecule has 0 spiro atoms. The summed E-state index contributed by atoms with van der Waals surface area (Å²) < 4.78 is 11.3. The third kappa shape index (κ3) is 2.97. The van der Waals surface area contributed by atoms with Crippen LogP contribution in [0, 0.1) is 0 Å². The van der Waals surface area contributed by atoms with Gasteiger partial charge in [0.05, 0.1) is 12.3 Å². The molecule has 2 heterocycles. The summed E-state index contributed by atoms with van der Waals surface area (Å²) in [4.78, 5) is 13.6. The van der Waals surface area contributed by atoms with E-state index in [-0.39, 0.29) is 12.1 Å². The van der Waals surface area contributed by atoms with Gasteiger partial charge in [-0.2, -0.15) is 0 Å². The molecule has 2 N–H and O–H groups in total. The van der Waals surface area contributed by atoms with E-state index in [1.807, 2.05) is 12.1 Å². The van der Waals surface area contributed by atoms with Crippen LogP contribution < -0.4 is 15.4 Å². The zero-order chi connectivity index (χ0) is 14.8. The predicted molar refractivity (Wildman–Crippen MR) is 80.5 cm³/mol. The quantitative estimate of drug-likeness (QED) is 0.844. The first-order valence-electron chi connectivity index (χ1n) is 7.58. The van der Waals surface area contributed by atoms with Crippen molar-refractivity contribution in [1.82, 2.24) is 0 Å². The lowest BCUT2D eigenvalue weighted by molar-refractivity contribution is -0.147. The fraction of sp³-hybridized carbons (Fsp3) is 0.562. The molecule has 5 heteroatoms. The molecule has 0 bridgehead atoms. The van der Waals surface area contributed by atoms with E-state index in [2.05, 4.69) is 11.0 Å². The number of hydrogen-bond donors (Lipinski definition) is 1. The van der Waals surface area contributed by atoms with Crippen molar-refractivity contribution < 1.29 is 14.3 Å². The fourth-order valence-electron chi connectivity index (χ4n) is 3.09. The van der Waals surface area contributed by atoms with Crippen LogP contribution >= 0.6 is 0 Å². The summed E-state index contributed by atoms with van der Waals surface area (Å²) in [6.45, 7) is 3.92. The molecular weight excluding hydrogens is 268 g/mol. The SMILES string of the molecule is CC(=O)OC1CCOc2c1cccc2N1CCC(N)CC1. The molecule has 1 fully saturated rings. The zero-order valence-electron chi connectivity index (χ0n) is 12.4. The van der Waals surface area contributed by atoms with Gasteiger partial charge in [-0.05, 0) is 18.9 Å². The molecule has 21 heavy (non-hydrogen) atoms. The summed E-state index contributed by atoms with van der Waals surface area (Å²) in [7, 11) is 0. The topological polar surface area (TPSA) is 64.8 Å². The van der Waals surface area contributed by atoms with Crippen LogP contribution in [0.2, 0.25) is 0 Å². The van der Waals surface area contributed by atoms with Crippen LogP contribution in [0.1, 0.15) is 37.9 Å². The van der Waals surface area contributed by atoms with Crippen molar-refractivity contribution in [2.75, 3.05) is 24.6 Å². The van der Waals surface area contributed by atoms with Gasteiger partial charge >= 0.3 is 5.97 Å². The summed E-state index contributed by atoms with van der Waals surface area (Å²) in [6, 6.07) is 6.37. The van der Waals surface area contributed by atoms with Gasteiger partial charge in [0.2, 0.25) is 0 Å². The predicted octanol–water partition coefficient (Wildman–Crippen LogP) is 2.00. The lowest BCUT2D eigenvalue weighted by atomic mass is 9.99. The molecule has 2 aliphatic rings. The van der Waals surface area contributed by atoms with E-state index < -0.39 is 0 Å². The summed E-state index contributed by atoms with van der Waals surface area (Å²) in [5.74, 6) is 0.618. The number of para-hydroxylation sites is 1. The van der Waals surface area contributed by atoms with E-state index in [1.165, 1.54) is 6.92 Å². The Balaban J connectivity index is 1.88. The van der Waals surface area contributed by atoms with Crippen molar-refractivity contribution in [2.24, 2.45) is 5.73 Å². The third-order valence-electron chi connectivity index (χ3n) is 4.19. The normalized spacial score (nSPS) is 22.4. The molecule has 1 aromatic carbocycles. The highest BCUT2D eigenvalue weighted by atomic mass is 16.5. The molecule has 2 aliphatic heterocycles. The molecule has 0 amide bonds. The van der Waals surface area contributed by atoms with Gasteiger partial charge in [-0.25, -0.2) is 0 Å². The summed E-state index contributed by atoms with van der Waals surface area (Å²) in [5, 5.41) is 0. The first-order valence-corrected chi connectivity index (χ1v) is 7.58. The third-order valence-corrected chi connectivity index (χ3v) is 4.19. The summed E-state index contributed by atoms with van der Waals surface area (Å²) >= 11 is 0. The van der Waals surface area contributed by atoms with Crippen LogP contribution in [0.3, 0.4) is 0 Å². The van der Waals surface area contributed by atoms with Crippen LogP contribution in [0.15, 0.2) is 18.2 Å². The minimum absolute atomic E-state index is 0.196. The van der Waals surface area contributed by atoms with Crippen molar-refractivity contribution in [2.45, 2.75) is 38.3 Å². The smallest absolute Gasteiger partial charge is 0.303 e. The lowest BCUT2D eigenvalue weighted by Crippen LogP contribution is -2.40. The highest BCUT2D eigenvalue weighted by molar-refractivity contribution is 5.68. The highest BCUT2D eigenvalue weighted by Gasteiger charge is 2.28. The van der Waals surface area contributed by atoms with Gasteiger partial charge in [0, 0.05) is 38.0 Å². The maximum Gasteiger partial charge on any atom is 0.303 e. The van der Waals surface area contributed by atoms with E-state index in [4.69, 9.17) is 15.2 Å². The number of nitrogens with zero attached hydrogens (tertiary/aromatic N) is 1. The standard InChI is InChI=1S/C16H22N2O3/c1-11(19)21-15-7-10-20-16-13(15)3-2-4-14(16)18-8-5-12(17)6-9-18/h2-4,12,15H,5-10,17H2,1H3. The van der Waals surface area contributed by atoms with Crippen LogP contribution in [-0.4, -0.2) is 31.7 Å². The molecular formula is C16H22N2O3. The first kappa shape index (κ1) is 14.2. The number of benzene rings is 1. The zero-order valence-corrected chi connectivity index (χ0v) is 12.4. The molecule has 0 radical (unpaired) electrons. The molecule has 1 aromatic rings. The van der Waals surface area contributed by atoms with E-state index in [0.29, 0.717) is 19.1 Å². The van der Waals surface area contributed by atoms with Crippen LogP contribution in [-0.2, 0) is 9.53 Å². The Morgan fingerprint density at radius 3 is 2.81 bits per heavy atom. The van der Waals surface area contributed by atoms with Crippen molar-refractivity contribution in [3.63, 3.8) is 0 Å². The van der Waals surface area contributed by atoms with Crippen molar-refractivity contribution in [1.29, 1.82) is 0 Å². The molecule has 1 unspecified atom stereocenters. The number of rotatable bonds is 2. The minimum atomic E-state index is -0.248. The number of carbonyl (C=O) groups excluding carboxylic acids is 1. The number of nitrogens with two attached hydrogens (primary N) is 1. The Morgan fingerprint density at radius 2 is 2.10 bits per heavy atom. The number of ether oxygens (including phenoxy) is 2. The van der Waals surface area contributed by atoms with Crippen molar-refractivity contribution >= 4 is 11.7 Å². The summed E-state index contributed by atoms with van der Waals surface area (Å²) in [5.41, 5.74) is 8.04. The second-order valence-corrected chi connectivity index (χ2v) is 5.76. The Morgan fingerprint density at radius 1 is 1.33 bits per heavy atom. The molecule has 1 saturated heterocycles. The Hall–Kier alpha value is -1.75. The number of fused-ring (bicyclic) bond motifs is 1. The monoisotopic (exact) mass is 290 g/mol. The maximum absolute atomic E-state index is 11.3. The number of anilines is 1. The summed E-state index contributed by atoms with van der Waals surface area (Å²) in [6.07, 6.45) is 2.51. The minimum Gasteiger partial charge on any atom is -0.491 e. The van der Waals surface area contributed by atoms with Crippen LogP contribution in [0.4, 0.5) is 5.69 Å². The molecule has 3 rings (SSSR count). The second kappa shape index (κ2) is 5.93. The second-order valence-electron chi connectivity index (χ2n) is 5.76. The molecule has 0 aliphatic carbocycles. The van der Waals surface area contributed by atoms with Gasteiger partial charge in [0.25, 0.3) is 0 Å². The van der Waals surface area contributed by atoms with E-state index >= 15 is 0 Å². The highest BCUT2D eigenvalue weighted by Crippen LogP contribution is 2.41. The maximum atomic E-state index is 11.3. The van der Waals surface area contributed by atoms with Gasteiger partial charge in [-0.15, -0.1) is 0 Å². The average Bonchev–Trinajstić information content (AvgIpc) is 2.47. The van der Waals surface area contributed by atoms with Crippen LogP contribution in [0.25, 0.3) is 0 Å². The number of hydrogen-bond acceptors (Lipinski definition) is 5. The Labute approximate surface area is 125 Å². The molecule has 0 aromatic heterocycles. The van der Waals surface area contributed by atoms with Gasteiger partial charge in [0.1, 0.15) is 11.9 Å². The average molecular weight is 290 g/mol. The molecule has 1 atom stereocenters. The van der Waals surface area contributed by atoms with Gasteiger partial charge in [-0.3, -0.25) is 4.79 Å². The Kier molecular flexibility index (Phi) is 4.01. The fourth-order valence-corrected chi connectivity index (χ4v) is 3.09. The van der Waals surface area contributed by atoms with Gasteiger partial charge in [-0.1, -0.05) is 12.1 Å². The van der Waals surface area contributed by atoms with Crippen LogP contribution in [0.5, 0.6) is 5.75 Å². The van der Waals surface area contributed by atoms with Gasteiger partial charge in [0.15, 0.2) is 0 Å². The Bertz CT molecular complexity index is 524. The molecule has 0 saturated carbocycles. The van der Waals surface area contributed by atoms with Crippen molar-refractivity contribution in [3.05, 3.63) is 23.8 Å². The lowest BCUT2D eigenvalue weighted by Gasteiger charge is -2.35. The molecule has 114 valence electrons. The number of esters is 1. The largest absolute Gasteiger partial charge is 0.491 e. The molecule has 5 nitrogen and oxygen atoms in total. The number of carbonyl (C=O) groups is 1.